The number of likely N-dealkylation sites (tertiary alicyclic amines) is 1. The van der Waals surface area contributed by atoms with Gasteiger partial charge in [-0.25, -0.2) is 4.39 Å². The fourth-order valence-corrected chi connectivity index (χ4v) is 3.95. The van der Waals surface area contributed by atoms with Crippen LogP contribution >= 0.6 is 0 Å². The van der Waals surface area contributed by atoms with Crippen molar-refractivity contribution in [2.24, 2.45) is 5.92 Å². The van der Waals surface area contributed by atoms with Gasteiger partial charge in [0.25, 0.3) is 5.91 Å². The zero-order chi connectivity index (χ0) is 22.1. The smallest absolute Gasteiger partial charge is 0.253 e. The molecule has 2 aliphatic rings. The Kier molecular flexibility index (Phi) is 5.43. The van der Waals surface area contributed by atoms with Gasteiger partial charge < -0.3 is 14.7 Å². The van der Waals surface area contributed by atoms with Gasteiger partial charge in [0.1, 0.15) is 5.82 Å². The Morgan fingerprint density at radius 1 is 1.03 bits per heavy atom. The second-order valence-electron chi connectivity index (χ2n) is 8.37. The van der Waals surface area contributed by atoms with E-state index in [1.807, 2.05) is 12.1 Å². The summed E-state index contributed by atoms with van der Waals surface area (Å²) in [5.74, 6) is 0.821. The van der Waals surface area contributed by atoms with Crippen molar-refractivity contribution >= 4 is 17.5 Å². The molecule has 32 heavy (non-hydrogen) atoms. The van der Waals surface area contributed by atoms with Gasteiger partial charge >= 0.3 is 0 Å². The lowest BCUT2D eigenvalue weighted by molar-refractivity contribution is -0.121. The van der Waals surface area contributed by atoms with Crippen molar-refractivity contribution in [2.45, 2.75) is 31.6 Å². The molecule has 3 aromatic rings. The highest BCUT2D eigenvalue weighted by molar-refractivity contribution is 5.95. The van der Waals surface area contributed by atoms with Gasteiger partial charge in [0.15, 0.2) is 0 Å². The molecule has 0 radical (unpaired) electrons. The molecule has 164 valence electrons. The summed E-state index contributed by atoms with van der Waals surface area (Å²) in [7, 11) is 0. The Labute approximate surface area is 184 Å². The molecule has 1 saturated carbocycles. The monoisotopic (exact) mass is 434 g/mol. The van der Waals surface area contributed by atoms with E-state index in [2.05, 4.69) is 15.5 Å². The average molecular weight is 434 g/mol. The molecule has 7 nitrogen and oxygen atoms in total. The first kappa shape index (κ1) is 20.4. The van der Waals surface area contributed by atoms with E-state index in [9.17, 15) is 14.0 Å². The number of aromatic nitrogens is 2. The molecule has 1 N–H and O–H groups in total. The standard InChI is InChI=1S/C24H23FN4O3/c25-19-2-1-3-20(14-19)26-22(30)16-10-12-29(13-11-16)24(31)18-8-4-15(5-9-18)21-27-23(32-28-21)17-6-7-17/h1-5,8-9,14,16-17H,6-7,10-13H2,(H,26,30). The van der Waals surface area contributed by atoms with Gasteiger partial charge in [-0.3, -0.25) is 9.59 Å². The number of benzene rings is 2. The number of anilines is 1. The predicted octanol–water partition coefficient (Wildman–Crippen LogP) is 4.24. The highest BCUT2D eigenvalue weighted by atomic mass is 19.1. The van der Waals surface area contributed by atoms with Crippen molar-refractivity contribution in [1.82, 2.24) is 15.0 Å². The first-order valence-electron chi connectivity index (χ1n) is 10.9. The van der Waals surface area contributed by atoms with E-state index in [0.717, 1.165) is 18.4 Å². The Bertz CT molecular complexity index is 1130. The molecule has 2 amide bonds. The number of piperidine rings is 1. The maximum Gasteiger partial charge on any atom is 0.253 e. The van der Waals surface area contributed by atoms with E-state index in [4.69, 9.17) is 4.52 Å². The summed E-state index contributed by atoms with van der Waals surface area (Å²) in [6, 6.07) is 13.0. The van der Waals surface area contributed by atoms with Crippen LogP contribution in [0.25, 0.3) is 11.4 Å². The maximum atomic E-state index is 13.3. The number of rotatable bonds is 5. The summed E-state index contributed by atoms with van der Waals surface area (Å²) >= 11 is 0. The molecule has 8 heteroatoms. The highest BCUT2D eigenvalue weighted by Crippen LogP contribution is 2.39. The zero-order valence-electron chi connectivity index (χ0n) is 17.5. The van der Waals surface area contributed by atoms with Crippen LogP contribution in [0.15, 0.2) is 53.1 Å². The summed E-state index contributed by atoms with van der Waals surface area (Å²) < 4.78 is 18.6. The predicted molar refractivity (Wildman–Crippen MR) is 115 cm³/mol. The van der Waals surface area contributed by atoms with E-state index in [1.54, 1.807) is 29.2 Å². The summed E-state index contributed by atoms with van der Waals surface area (Å²) in [6.07, 6.45) is 3.33. The number of hydrogen-bond donors (Lipinski definition) is 1. The van der Waals surface area contributed by atoms with Gasteiger partial charge in [0.05, 0.1) is 0 Å². The largest absolute Gasteiger partial charge is 0.339 e. The van der Waals surface area contributed by atoms with Crippen LogP contribution in [0.1, 0.15) is 47.8 Å². The second kappa shape index (κ2) is 8.53. The third kappa shape index (κ3) is 4.39. The maximum absolute atomic E-state index is 13.3. The first-order valence-corrected chi connectivity index (χ1v) is 10.9. The fourth-order valence-electron chi connectivity index (χ4n) is 3.95. The van der Waals surface area contributed by atoms with Crippen LogP contribution in [0, 0.1) is 11.7 Å². The molecular formula is C24H23FN4O3. The van der Waals surface area contributed by atoms with Crippen molar-refractivity contribution in [3.63, 3.8) is 0 Å². The van der Waals surface area contributed by atoms with Crippen LogP contribution in [0.2, 0.25) is 0 Å². The third-order valence-corrected chi connectivity index (χ3v) is 6.00. The van der Waals surface area contributed by atoms with E-state index in [0.29, 0.717) is 54.8 Å². The number of nitrogens with one attached hydrogen (secondary N) is 1. The average Bonchev–Trinajstić information content (AvgIpc) is 3.55. The lowest BCUT2D eigenvalue weighted by Crippen LogP contribution is -2.41. The van der Waals surface area contributed by atoms with Crippen LogP contribution in [-0.4, -0.2) is 39.9 Å². The van der Waals surface area contributed by atoms with Gasteiger partial charge in [0, 0.05) is 41.7 Å². The van der Waals surface area contributed by atoms with Crippen LogP contribution in [-0.2, 0) is 4.79 Å². The quantitative estimate of drug-likeness (QED) is 0.649. The lowest BCUT2D eigenvalue weighted by Gasteiger charge is -2.31. The molecule has 0 spiro atoms. The minimum Gasteiger partial charge on any atom is -0.339 e. The number of halogens is 1. The van der Waals surface area contributed by atoms with Crippen molar-refractivity contribution in [2.75, 3.05) is 18.4 Å². The second-order valence-corrected chi connectivity index (χ2v) is 8.37. The number of carbonyl (C=O) groups excluding carboxylic acids is 2. The molecule has 2 heterocycles. The first-order chi connectivity index (χ1) is 15.6. The molecule has 1 aliphatic heterocycles. The number of amides is 2. The Hall–Kier alpha value is -3.55. The topological polar surface area (TPSA) is 88.3 Å². The SMILES string of the molecule is O=C(Nc1cccc(F)c1)C1CCN(C(=O)c2ccc(-c3noc(C4CC4)n3)cc2)CC1. The number of nitrogens with zero attached hydrogens (tertiary/aromatic N) is 3. The summed E-state index contributed by atoms with van der Waals surface area (Å²) in [5, 5.41) is 6.79. The van der Waals surface area contributed by atoms with Crippen LogP contribution < -0.4 is 5.32 Å². The molecule has 1 saturated heterocycles. The zero-order valence-corrected chi connectivity index (χ0v) is 17.5. The molecule has 1 aliphatic carbocycles. The van der Waals surface area contributed by atoms with Crippen LogP contribution in [0.3, 0.4) is 0 Å². The van der Waals surface area contributed by atoms with E-state index in [-0.39, 0.29) is 17.7 Å². The Morgan fingerprint density at radius 3 is 2.47 bits per heavy atom. The Morgan fingerprint density at radius 2 is 1.78 bits per heavy atom. The van der Waals surface area contributed by atoms with Crippen molar-refractivity contribution in [1.29, 1.82) is 0 Å². The molecule has 0 unspecified atom stereocenters. The molecule has 2 aromatic carbocycles. The molecule has 0 atom stereocenters. The van der Waals surface area contributed by atoms with Gasteiger partial charge in [-0.2, -0.15) is 4.98 Å². The van der Waals surface area contributed by atoms with Gasteiger partial charge in [-0.1, -0.05) is 23.4 Å². The number of hydrogen-bond acceptors (Lipinski definition) is 5. The van der Waals surface area contributed by atoms with Crippen molar-refractivity contribution in [3.8, 4) is 11.4 Å². The van der Waals surface area contributed by atoms with E-state index in [1.165, 1.54) is 12.1 Å². The lowest BCUT2D eigenvalue weighted by atomic mass is 9.95. The molecule has 0 bridgehead atoms. The van der Waals surface area contributed by atoms with E-state index >= 15 is 0 Å². The van der Waals surface area contributed by atoms with Crippen LogP contribution in [0.5, 0.6) is 0 Å². The molecule has 2 fully saturated rings. The van der Waals surface area contributed by atoms with Crippen LogP contribution in [0.4, 0.5) is 10.1 Å². The van der Waals surface area contributed by atoms with Gasteiger partial charge in [-0.05, 0) is 56.0 Å². The highest BCUT2D eigenvalue weighted by Gasteiger charge is 2.30. The van der Waals surface area contributed by atoms with Gasteiger partial charge in [-0.15, -0.1) is 0 Å². The summed E-state index contributed by atoms with van der Waals surface area (Å²) in [4.78, 5) is 31.6. The minimum atomic E-state index is -0.392. The third-order valence-electron chi connectivity index (χ3n) is 6.00. The van der Waals surface area contributed by atoms with Gasteiger partial charge in [0.2, 0.25) is 17.6 Å². The van der Waals surface area contributed by atoms with E-state index < -0.39 is 5.82 Å². The molecule has 1 aromatic heterocycles. The summed E-state index contributed by atoms with van der Waals surface area (Å²) in [6.45, 7) is 0.995. The van der Waals surface area contributed by atoms with Crippen molar-refractivity contribution < 1.29 is 18.5 Å². The fraction of sp³-hybridized carbons (Fsp3) is 0.333. The molecule has 5 rings (SSSR count). The Balaban J connectivity index is 1.16. The molecular weight excluding hydrogens is 411 g/mol. The normalized spacial score (nSPS) is 16.7. The van der Waals surface area contributed by atoms with Crippen molar-refractivity contribution in [3.05, 3.63) is 65.8 Å². The summed E-state index contributed by atoms with van der Waals surface area (Å²) in [5.41, 5.74) is 1.84. The minimum absolute atomic E-state index is 0.0627. The number of carbonyl (C=O) groups is 2.